The lowest BCUT2D eigenvalue weighted by molar-refractivity contribution is 0.173. The molecule has 1 heterocycles. The Kier molecular flexibility index (Phi) is 4.93. The summed E-state index contributed by atoms with van der Waals surface area (Å²) in [7, 11) is 0. The Balaban J connectivity index is 2.16. The summed E-state index contributed by atoms with van der Waals surface area (Å²) in [5, 5.41) is 10.3. The number of aromatic nitrogens is 2. The summed E-state index contributed by atoms with van der Waals surface area (Å²) < 4.78 is 15.8. The Labute approximate surface area is 125 Å². The van der Waals surface area contributed by atoms with Crippen LogP contribution in [0.4, 0.5) is 4.39 Å². The molecule has 0 radical (unpaired) electrons. The van der Waals surface area contributed by atoms with Crippen molar-refractivity contribution in [1.29, 1.82) is 0 Å². The van der Waals surface area contributed by atoms with Crippen LogP contribution >= 0.6 is 22.6 Å². The minimum absolute atomic E-state index is 0.284. The Bertz CT molecular complexity index is 556. The summed E-state index contributed by atoms with van der Waals surface area (Å²) in [6, 6.07) is 4.44. The average molecular weight is 374 g/mol. The topological polar surface area (TPSA) is 38.0 Å². The fourth-order valence-electron chi connectivity index (χ4n) is 2.03. The molecule has 0 aliphatic heterocycles. The molecule has 0 saturated carbocycles. The second-order valence-electron chi connectivity index (χ2n) is 4.42. The first kappa shape index (κ1) is 14.5. The molecule has 0 aliphatic rings. The van der Waals surface area contributed by atoms with Gasteiger partial charge in [-0.05, 0) is 46.7 Å². The fraction of sp³-hybridized carbons (Fsp3) is 0.357. The van der Waals surface area contributed by atoms with Crippen molar-refractivity contribution in [2.75, 3.05) is 0 Å². The van der Waals surface area contributed by atoms with Gasteiger partial charge in [-0.25, -0.2) is 9.37 Å². The molecule has 0 aliphatic carbocycles. The first-order valence-electron chi connectivity index (χ1n) is 6.24. The van der Waals surface area contributed by atoms with E-state index >= 15 is 0 Å². The number of halogens is 2. The quantitative estimate of drug-likeness (QED) is 0.816. The van der Waals surface area contributed by atoms with Gasteiger partial charge in [-0.2, -0.15) is 0 Å². The van der Waals surface area contributed by atoms with Crippen molar-refractivity contribution >= 4 is 22.6 Å². The fourth-order valence-corrected chi connectivity index (χ4v) is 2.87. The average Bonchev–Trinajstić information content (AvgIpc) is 2.77. The molecule has 1 atom stereocenters. The highest BCUT2D eigenvalue weighted by Crippen LogP contribution is 2.23. The molecule has 1 aromatic carbocycles. The van der Waals surface area contributed by atoms with Gasteiger partial charge in [-0.1, -0.05) is 13.0 Å². The van der Waals surface area contributed by atoms with Crippen molar-refractivity contribution in [2.24, 2.45) is 0 Å². The van der Waals surface area contributed by atoms with E-state index in [2.05, 4.69) is 11.9 Å². The molecule has 102 valence electrons. The van der Waals surface area contributed by atoms with Gasteiger partial charge in [0.15, 0.2) is 0 Å². The number of rotatable bonds is 5. The van der Waals surface area contributed by atoms with Crippen molar-refractivity contribution in [2.45, 2.75) is 32.4 Å². The van der Waals surface area contributed by atoms with E-state index in [-0.39, 0.29) is 5.82 Å². The number of nitrogens with zero attached hydrogens (tertiary/aromatic N) is 2. The minimum atomic E-state index is -0.662. The summed E-state index contributed by atoms with van der Waals surface area (Å²) in [6.07, 6.45) is 4.46. The molecule has 1 aromatic heterocycles. The smallest absolute Gasteiger partial charge is 0.124 e. The molecule has 5 heteroatoms. The number of imidazole rings is 1. The highest BCUT2D eigenvalue weighted by atomic mass is 127. The summed E-state index contributed by atoms with van der Waals surface area (Å²) >= 11 is 2.04. The predicted molar refractivity (Wildman–Crippen MR) is 80.3 cm³/mol. The van der Waals surface area contributed by atoms with Crippen LogP contribution in [0, 0.1) is 9.39 Å². The van der Waals surface area contributed by atoms with Crippen LogP contribution in [0.1, 0.15) is 30.8 Å². The number of aliphatic hydroxyl groups excluding tert-OH is 1. The Morgan fingerprint density at radius 3 is 2.95 bits per heavy atom. The molecular weight excluding hydrogens is 358 g/mol. The first-order valence-corrected chi connectivity index (χ1v) is 7.32. The summed E-state index contributed by atoms with van der Waals surface area (Å²) in [5.41, 5.74) is 0.744. The molecule has 2 rings (SSSR count). The molecule has 19 heavy (non-hydrogen) atoms. The standard InChI is InChI=1S/C14H16FIN2O/c1-2-6-18-7-5-17-14(18)9-13(19)11-4-3-10(15)8-12(11)16/h3-5,7-8,13,19H,2,6,9H2,1H3. The first-order chi connectivity index (χ1) is 9.11. The second-order valence-corrected chi connectivity index (χ2v) is 5.58. The third kappa shape index (κ3) is 3.54. The van der Waals surface area contributed by atoms with Crippen LogP contribution in [0.5, 0.6) is 0 Å². The van der Waals surface area contributed by atoms with Crippen LogP contribution in [0.2, 0.25) is 0 Å². The highest BCUT2D eigenvalue weighted by Gasteiger charge is 2.15. The van der Waals surface area contributed by atoms with Gasteiger partial charge in [-0.3, -0.25) is 0 Å². The number of hydrogen-bond donors (Lipinski definition) is 1. The number of aliphatic hydroxyl groups is 1. The van der Waals surface area contributed by atoms with E-state index in [0.717, 1.165) is 27.9 Å². The lowest BCUT2D eigenvalue weighted by atomic mass is 10.1. The van der Waals surface area contributed by atoms with Crippen LogP contribution in [0.25, 0.3) is 0 Å². The van der Waals surface area contributed by atoms with Gasteiger partial charge < -0.3 is 9.67 Å². The number of benzene rings is 1. The van der Waals surface area contributed by atoms with E-state index in [9.17, 15) is 9.50 Å². The molecule has 0 fully saturated rings. The summed E-state index contributed by atoms with van der Waals surface area (Å²) in [5.74, 6) is 0.572. The molecule has 1 unspecified atom stereocenters. The zero-order valence-corrected chi connectivity index (χ0v) is 12.8. The molecule has 1 N–H and O–H groups in total. The van der Waals surface area contributed by atoms with Gasteiger partial charge in [0.25, 0.3) is 0 Å². The van der Waals surface area contributed by atoms with Crippen molar-refractivity contribution in [3.05, 3.63) is 51.4 Å². The van der Waals surface area contributed by atoms with E-state index in [0.29, 0.717) is 6.42 Å². The van der Waals surface area contributed by atoms with Crippen molar-refractivity contribution in [3.63, 3.8) is 0 Å². The molecule has 0 amide bonds. The van der Waals surface area contributed by atoms with E-state index in [4.69, 9.17) is 0 Å². The van der Waals surface area contributed by atoms with E-state index in [1.165, 1.54) is 12.1 Å². The maximum atomic E-state index is 13.0. The molecular formula is C14H16FIN2O. The largest absolute Gasteiger partial charge is 0.388 e. The molecule has 0 bridgehead atoms. The second kappa shape index (κ2) is 6.47. The summed E-state index contributed by atoms with van der Waals surface area (Å²) in [6.45, 7) is 2.99. The molecule has 2 aromatic rings. The third-order valence-electron chi connectivity index (χ3n) is 2.96. The Morgan fingerprint density at radius 2 is 2.26 bits per heavy atom. The lowest BCUT2D eigenvalue weighted by Gasteiger charge is -2.14. The van der Waals surface area contributed by atoms with Gasteiger partial charge in [-0.15, -0.1) is 0 Å². The zero-order chi connectivity index (χ0) is 13.8. The van der Waals surface area contributed by atoms with Crippen molar-refractivity contribution in [1.82, 2.24) is 9.55 Å². The number of aryl methyl sites for hydroxylation is 1. The molecule has 0 saturated heterocycles. The maximum absolute atomic E-state index is 13.0. The van der Waals surface area contributed by atoms with Crippen LogP contribution in [-0.4, -0.2) is 14.7 Å². The highest BCUT2D eigenvalue weighted by molar-refractivity contribution is 14.1. The molecule has 3 nitrogen and oxygen atoms in total. The maximum Gasteiger partial charge on any atom is 0.124 e. The third-order valence-corrected chi connectivity index (χ3v) is 3.90. The monoisotopic (exact) mass is 374 g/mol. The summed E-state index contributed by atoms with van der Waals surface area (Å²) in [4.78, 5) is 4.27. The van der Waals surface area contributed by atoms with Gasteiger partial charge in [0.1, 0.15) is 11.6 Å². The SMILES string of the molecule is CCCn1ccnc1CC(O)c1ccc(F)cc1I. The van der Waals surface area contributed by atoms with Gasteiger partial charge in [0.05, 0.1) is 6.10 Å². The van der Waals surface area contributed by atoms with Crippen LogP contribution < -0.4 is 0 Å². The molecule has 0 spiro atoms. The zero-order valence-electron chi connectivity index (χ0n) is 10.7. The lowest BCUT2D eigenvalue weighted by Crippen LogP contribution is -2.10. The van der Waals surface area contributed by atoms with Crippen LogP contribution in [0.15, 0.2) is 30.6 Å². The van der Waals surface area contributed by atoms with Crippen LogP contribution in [-0.2, 0) is 13.0 Å². The van der Waals surface area contributed by atoms with Gasteiger partial charge >= 0.3 is 0 Å². The number of hydrogen-bond acceptors (Lipinski definition) is 2. The van der Waals surface area contributed by atoms with E-state index in [1.807, 2.05) is 33.4 Å². The van der Waals surface area contributed by atoms with Crippen molar-refractivity contribution in [3.8, 4) is 0 Å². The Hall–Kier alpha value is -0.950. The van der Waals surface area contributed by atoms with Crippen molar-refractivity contribution < 1.29 is 9.50 Å². The Morgan fingerprint density at radius 1 is 1.47 bits per heavy atom. The van der Waals surface area contributed by atoms with Crippen LogP contribution in [0.3, 0.4) is 0 Å². The van der Waals surface area contributed by atoms with E-state index < -0.39 is 6.10 Å². The van der Waals surface area contributed by atoms with Gasteiger partial charge in [0.2, 0.25) is 0 Å². The predicted octanol–water partition coefficient (Wildman–Crippen LogP) is 3.31. The minimum Gasteiger partial charge on any atom is -0.388 e. The van der Waals surface area contributed by atoms with E-state index in [1.54, 1.807) is 12.3 Å². The van der Waals surface area contributed by atoms with Gasteiger partial charge in [0, 0.05) is 28.9 Å². The normalized spacial score (nSPS) is 12.6.